The van der Waals surface area contributed by atoms with E-state index in [0.29, 0.717) is 19.6 Å². The van der Waals surface area contributed by atoms with E-state index in [1.807, 2.05) is 44.2 Å². The number of para-hydroxylation sites is 1. The highest BCUT2D eigenvalue weighted by Gasteiger charge is 2.13. The highest BCUT2D eigenvalue weighted by Crippen LogP contribution is 2.13. The molecular weight excluding hydrogens is 284 g/mol. The number of hydrogen-bond donors (Lipinski definition) is 1. The van der Waals surface area contributed by atoms with Crippen LogP contribution in [0.4, 0.5) is 0 Å². The Morgan fingerprint density at radius 1 is 1.38 bits per heavy atom. The molecule has 1 aromatic carbocycles. The van der Waals surface area contributed by atoms with Crippen molar-refractivity contribution in [2.24, 2.45) is 5.92 Å². The molecule has 0 aliphatic heterocycles. The molecule has 0 radical (unpaired) electrons. The van der Waals surface area contributed by atoms with E-state index in [2.05, 4.69) is 10.3 Å². The van der Waals surface area contributed by atoms with Gasteiger partial charge in [-0.2, -0.15) is 0 Å². The number of carbonyl (C=O) groups excluding carboxylic acids is 1. The Balaban J connectivity index is 1.69. The lowest BCUT2D eigenvalue weighted by molar-refractivity contribution is -0.125. The van der Waals surface area contributed by atoms with E-state index >= 15 is 0 Å². The summed E-state index contributed by atoms with van der Waals surface area (Å²) in [5.41, 5.74) is 2.79. The molecule has 1 atom stereocenters. The third kappa shape index (κ3) is 4.86. The van der Waals surface area contributed by atoms with Gasteiger partial charge in [0.05, 0.1) is 24.4 Å². The first-order valence-corrected chi connectivity index (χ1v) is 7.89. The highest BCUT2D eigenvalue weighted by atomic mass is 32.1. The van der Waals surface area contributed by atoms with Gasteiger partial charge in [0.25, 0.3) is 0 Å². The maximum Gasteiger partial charge on any atom is 0.223 e. The van der Waals surface area contributed by atoms with Gasteiger partial charge in [0.15, 0.2) is 0 Å². The Hall–Kier alpha value is -1.88. The highest BCUT2D eigenvalue weighted by molar-refractivity contribution is 7.09. The number of ether oxygens (including phenoxy) is 1. The second-order valence-electron chi connectivity index (χ2n) is 4.93. The molecule has 1 N–H and O–H groups in total. The van der Waals surface area contributed by atoms with Gasteiger partial charge < -0.3 is 10.1 Å². The Kier molecular flexibility index (Phi) is 5.75. The van der Waals surface area contributed by atoms with Crippen molar-refractivity contribution >= 4 is 17.2 Å². The number of thiazole rings is 1. The zero-order valence-corrected chi connectivity index (χ0v) is 13.2. The van der Waals surface area contributed by atoms with E-state index in [-0.39, 0.29) is 11.8 Å². The molecular formula is C16H20N2O2S. The number of hydrogen-bond acceptors (Lipinski definition) is 4. The summed E-state index contributed by atoms with van der Waals surface area (Å²) in [6.45, 7) is 4.97. The van der Waals surface area contributed by atoms with Crippen LogP contribution in [-0.2, 0) is 11.3 Å². The summed E-state index contributed by atoms with van der Waals surface area (Å²) in [4.78, 5) is 17.3. The molecule has 1 aromatic heterocycles. The van der Waals surface area contributed by atoms with Crippen molar-refractivity contribution in [2.45, 2.75) is 26.8 Å². The predicted octanol–water partition coefficient (Wildman–Crippen LogP) is 3.17. The summed E-state index contributed by atoms with van der Waals surface area (Å²) < 4.78 is 5.61. The third-order valence-electron chi connectivity index (χ3n) is 3.28. The number of amides is 1. The fourth-order valence-corrected chi connectivity index (χ4v) is 2.56. The van der Waals surface area contributed by atoms with Crippen molar-refractivity contribution < 1.29 is 9.53 Å². The molecule has 0 bridgehead atoms. The van der Waals surface area contributed by atoms with Crippen molar-refractivity contribution in [1.82, 2.24) is 10.3 Å². The Bertz CT molecular complexity index is 569. The zero-order valence-electron chi connectivity index (χ0n) is 12.3. The first-order chi connectivity index (χ1) is 10.2. The normalized spacial score (nSPS) is 11.9. The van der Waals surface area contributed by atoms with Crippen LogP contribution in [0.15, 0.2) is 35.8 Å². The van der Waals surface area contributed by atoms with Crippen molar-refractivity contribution in [3.8, 4) is 5.75 Å². The van der Waals surface area contributed by atoms with E-state index < -0.39 is 0 Å². The molecule has 21 heavy (non-hydrogen) atoms. The molecule has 2 aromatic rings. The van der Waals surface area contributed by atoms with Gasteiger partial charge in [-0.15, -0.1) is 11.3 Å². The molecule has 1 unspecified atom stereocenters. The molecule has 112 valence electrons. The first kappa shape index (κ1) is 15.5. The second kappa shape index (κ2) is 7.78. The van der Waals surface area contributed by atoms with Crippen molar-refractivity contribution in [2.75, 3.05) is 6.61 Å². The van der Waals surface area contributed by atoms with Gasteiger partial charge in [-0.05, 0) is 25.5 Å². The average Bonchev–Trinajstić information content (AvgIpc) is 2.91. The summed E-state index contributed by atoms with van der Waals surface area (Å²) in [7, 11) is 0. The molecule has 1 amide bonds. The molecule has 0 saturated carbocycles. The Morgan fingerprint density at radius 2 is 2.14 bits per heavy atom. The van der Waals surface area contributed by atoms with E-state index in [4.69, 9.17) is 4.74 Å². The molecule has 5 heteroatoms. The van der Waals surface area contributed by atoms with Gasteiger partial charge in [0.2, 0.25) is 5.91 Å². The molecule has 4 nitrogen and oxygen atoms in total. The predicted molar refractivity (Wildman–Crippen MR) is 84.4 cm³/mol. The topological polar surface area (TPSA) is 51.2 Å². The summed E-state index contributed by atoms with van der Waals surface area (Å²) in [6, 6.07) is 9.64. The Morgan fingerprint density at radius 3 is 2.81 bits per heavy atom. The summed E-state index contributed by atoms with van der Waals surface area (Å²) >= 11 is 1.57. The van der Waals surface area contributed by atoms with Crippen LogP contribution in [0.25, 0.3) is 0 Å². The number of nitrogens with zero attached hydrogens (tertiary/aromatic N) is 1. The number of carbonyl (C=O) groups is 1. The van der Waals surface area contributed by atoms with Crippen LogP contribution < -0.4 is 10.1 Å². The van der Waals surface area contributed by atoms with E-state index in [0.717, 1.165) is 16.3 Å². The van der Waals surface area contributed by atoms with Crippen LogP contribution in [0.3, 0.4) is 0 Å². The minimum absolute atomic E-state index is 0.0551. The minimum Gasteiger partial charge on any atom is -0.494 e. The summed E-state index contributed by atoms with van der Waals surface area (Å²) in [5, 5.41) is 2.95. The number of aromatic nitrogens is 1. The van der Waals surface area contributed by atoms with Gasteiger partial charge in [-0.3, -0.25) is 4.79 Å². The van der Waals surface area contributed by atoms with E-state index in [9.17, 15) is 4.79 Å². The zero-order chi connectivity index (χ0) is 15.1. The van der Waals surface area contributed by atoms with Gasteiger partial charge in [-0.1, -0.05) is 25.1 Å². The molecule has 0 fully saturated rings. The number of aryl methyl sites for hydroxylation is 1. The average molecular weight is 304 g/mol. The smallest absolute Gasteiger partial charge is 0.223 e. The van der Waals surface area contributed by atoms with Crippen molar-refractivity contribution in [1.29, 1.82) is 0 Å². The largest absolute Gasteiger partial charge is 0.494 e. The lowest BCUT2D eigenvalue weighted by atomic mass is 10.1. The molecule has 1 heterocycles. The third-order valence-corrected chi connectivity index (χ3v) is 4.21. The molecule has 2 rings (SSSR count). The summed E-state index contributed by atoms with van der Waals surface area (Å²) in [5.74, 6) is 0.826. The Labute approximate surface area is 129 Å². The lowest BCUT2D eigenvalue weighted by Crippen LogP contribution is -2.29. The van der Waals surface area contributed by atoms with Crippen LogP contribution in [0.2, 0.25) is 0 Å². The fourth-order valence-electron chi connectivity index (χ4n) is 1.84. The molecule has 0 saturated heterocycles. The number of rotatable bonds is 7. The second-order valence-corrected chi connectivity index (χ2v) is 5.87. The maximum absolute atomic E-state index is 12.0. The summed E-state index contributed by atoms with van der Waals surface area (Å²) in [6.07, 6.45) is 0.697. The van der Waals surface area contributed by atoms with Crippen LogP contribution >= 0.6 is 11.3 Å². The standard InChI is InChI=1S/C16H20N2O2S/c1-12(8-9-20-14-6-4-3-5-7-14)16(19)17-10-15-13(2)18-11-21-15/h3-7,11-12H,8-10H2,1-2H3,(H,17,19). The monoisotopic (exact) mass is 304 g/mol. The van der Waals surface area contributed by atoms with Crippen LogP contribution in [0, 0.1) is 12.8 Å². The van der Waals surface area contributed by atoms with E-state index in [1.54, 1.807) is 16.8 Å². The van der Waals surface area contributed by atoms with Crippen LogP contribution in [0.1, 0.15) is 23.9 Å². The van der Waals surface area contributed by atoms with Crippen molar-refractivity contribution in [3.63, 3.8) is 0 Å². The fraction of sp³-hybridized carbons (Fsp3) is 0.375. The van der Waals surface area contributed by atoms with Gasteiger partial charge in [0.1, 0.15) is 5.75 Å². The van der Waals surface area contributed by atoms with Gasteiger partial charge >= 0.3 is 0 Å². The van der Waals surface area contributed by atoms with Crippen LogP contribution in [0.5, 0.6) is 5.75 Å². The molecule has 0 spiro atoms. The minimum atomic E-state index is -0.0676. The maximum atomic E-state index is 12.0. The lowest BCUT2D eigenvalue weighted by Gasteiger charge is -2.12. The van der Waals surface area contributed by atoms with Crippen LogP contribution in [-0.4, -0.2) is 17.5 Å². The molecule has 0 aliphatic carbocycles. The van der Waals surface area contributed by atoms with Gasteiger partial charge in [0, 0.05) is 10.8 Å². The number of benzene rings is 1. The SMILES string of the molecule is Cc1ncsc1CNC(=O)C(C)CCOc1ccccc1. The quantitative estimate of drug-likeness (QED) is 0.855. The molecule has 0 aliphatic rings. The van der Waals surface area contributed by atoms with Crippen molar-refractivity contribution in [3.05, 3.63) is 46.4 Å². The van der Waals surface area contributed by atoms with E-state index in [1.165, 1.54) is 0 Å². The van der Waals surface area contributed by atoms with Gasteiger partial charge in [-0.25, -0.2) is 4.98 Å². The first-order valence-electron chi connectivity index (χ1n) is 7.01. The number of nitrogens with one attached hydrogen (secondary N) is 1.